The van der Waals surface area contributed by atoms with Crippen LogP contribution in [0.2, 0.25) is 0 Å². The summed E-state index contributed by atoms with van der Waals surface area (Å²) in [6, 6.07) is 3.78. The molecule has 1 aliphatic rings. The average molecular weight is 354 g/mol. The molecule has 1 saturated heterocycles. The van der Waals surface area contributed by atoms with Crippen molar-refractivity contribution in [3.05, 3.63) is 35.3 Å². The van der Waals surface area contributed by atoms with Crippen molar-refractivity contribution < 1.29 is 4.79 Å². The van der Waals surface area contributed by atoms with Gasteiger partial charge in [0.15, 0.2) is 0 Å². The SMILES string of the molecule is CCc1nnc(N2CCC(C(=O)Nc3ccc(C)cn3)CC2)nc1CC. The number of hydrogen-bond acceptors (Lipinski definition) is 6. The average Bonchev–Trinajstić information content (AvgIpc) is 2.69. The third kappa shape index (κ3) is 4.15. The number of rotatable bonds is 5. The summed E-state index contributed by atoms with van der Waals surface area (Å²) in [5, 5.41) is 11.5. The number of piperidine rings is 1. The fraction of sp³-hybridized carbons (Fsp3) is 0.526. The highest BCUT2D eigenvalue weighted by molar-refractivity contribution is 5.91. The minimum absolute atomic E-state index is 0.0112. The van der Waals surface area contributed by atoms with Crippen molar-refractivity contribution in [1.29, 1.82) is 0 Å². The number of aryl methyl sites for hydroxylation is 3. The normalized spacial score (nSPS) is 15.1. The van der Waals surface area contributed by atoms with E-state index >= 15 is 0 Å². The van der Waals surface area contributed by atoms with Gasteiger partial charge in [-0.25, -0.2) is 9.97 Å². The summed E-state index contributed by atoms with van der Waals surface area (Å²) in [7, 11) is 0. The van der Waals surface area contributed by atoms with Gasteiger partial charge in [-0.2, -0.15) is 5.10 Å². The van der Waals surface area contributed by atoms with E-state index in [4.69, 9.17) is 0 Å². The molecule has 1 fully saturated rings. The number of anilines is 2. The van der Waals surface area contributed by atoms with Crippen LogP contribution in [-0.2, 0) is 17.6 Å². The highest BCUT2D eigenvalue weighted by Crippen LogP contribution is 2.22. The van der Waals surface area contributed by atoms with Gasteiger partial charge in [0.25, 0.3) is 0 Å². The Kier molecular flexibility index (Phi) is 5.75. The van der Waals surface area contributed by atoms with Crippen molar-refractivity contribution in [2.24, 2.45) is 5.92 Å². The summed E-state index contributed by atoms with van der Waals surface area (Å²) in [5.74, 6) is 1.31. The van der Waals surface area contributed by atoms with Crippen LogP contribution in [0, 0.1) is 12.8 Å². The van der Waals surface area contributed by atoms with E-state index in [0.717, 1.165) is 55.7 Å². The van der Waals surface area contributed by atoms with Gasteiger partial charge < -0.3 is 10.2 Å². The molecule has 7 heteroatoms. The Labute approximate surface area is 154 Å². The predicted molar refractivity (Wildman–Crippen MR) is 101 cm³/mol. The summed E-state index contributed by atoms with van der Waals surface area (Å²) >= 11 is 0. The van der Waals surface area contributed by atoms with Gasteiger partial charge in [-0.05, 0) is 44.2 Å². The number of hydrogen-bond donors (Lipinski definition) is 1. The van der Waals surface area contributed by atoms with E-state index in [1.54, 1.807) is 6.20 Å². The van der Waals surface area contributed by atoms with Gasteiger partial charge >= 0.3 is 0 Å². The zero-order valence-corrected chi connectivity index (χ0v) is 15.7. The van der Waals surface area contributed by atoms with E-state index in [2.05, 4.69) is 44.2 Å². The summed E-state index contributed by atoms with van der Waals surface area (Å²) < 4.78 is 0. The molecule has 0 unspecified atom stereocenters. The van der Waals surface area contributed by atoms with Crippen LogP contribution in [0.4, 0.5) is 11.8 Å². The van der Waals surface area contributed by atoms with Gasteiger partial charge in [0, 0.05) is 25.2 Å². The van der Waals surface area contributed by atoms with Crippen LogP contribution in [0.5, 0.6) is 0 Å². The molecule has 2 aromatic rings. The zero-order valence-electron chi connectivity index (χ0n) is 15.7. The quantitative estimate of drug-likeness (QED) is 0.888. The Balaban J connectivity index is 1.58. The van der Waals surface area contributed by atoms with Crippen LogP contribution in [0.15, 0.2) is 18.3 Å². The predicted octanol–water partition coefficient (Wildman–Crippen LogP) is 2.55. The maximum atomic E-state index is 12.5. The maximum Gasteiger partial charge on any atom is 0.245 e. The molecule has 0 saturated carbocycles. The molecule has 3 heterocycles. The largest absolute Gasteiger partial charge is 0.339 e. The van der Waals surface area contributed by atoms with Crippen molar-refractivity contribution in [2.75, 3.05) is 23.3 Å². The second-order valence-electron chi connectivity index (χ2n) is 6.68. The van der Waals surface area contributed by atoms with Crippen LogP contribution < -0.4 is 10.2 Å². The van der Waals surface area contributed by atoms with Crippen molar-refractivity contribution in [3.8, 4) is 0 Å². The lowest BCUT2D eigenvalue weighted by molar-refractivity contribution is -0.120. The lowest BCUT2D eigenvalue weighted by Crippen LogP contribution is -2.39. The number of amides is 1. The second kappa shape index (κ2) is 8.21. The molecule has 0 atom stereocenters. The Morgan fingerprint density at radius 2 is 1.88 bits per heavy atom. The Hall–Kier alpha value is -2.57. The van der Waals surface area contributed by atoms with E-state index in [-0.39, 0.29) is 11.8 Å². The highest BCUT2D eigenvalue weighted by Gasteiger charge is 2.27. The first-order chi connectivity index (χ1) is 12.6. The van der Waals surface area contributed by atoms with Gasteiger partial charge in [-0.15, -0.1) is 5.10 Å². The molecule has 0 aromatic carbocycles. The first kappa shape index (κ1) is 18.2. The molecule has 0 bridgehead atoms. The molecule has 1 aliphatic heterocycles. The van der Waals surface area contributed by atoms with E-state index in [9.17, 15) is 4.79 Å². The number of aromatic nitrogens is 4. The van der Waals surface area contributed by atoms with Crippen molar-refractivity contribution in [3.63, 3.8) is 0 Å². The molecule has 0 spiro atoms. The minimum atomic E-state index is -0.0112. The first-order valence-corrected chi connectivity index (χ1v) is 9.31. The van der Waals surface area contributed by atoms with Gasteiger partial charge in [0.2, 0.25) is 11.9 Å². The molecular weight excluding hydrogens is 328 g/mol. The lowest BCUT2D eigenvalue weighted by atomic mass is 9.96. The fourth-order valence-corrected chi connectivity index (χ4v) is 3.17. The zero-order chi connectivity index (χ0) is 18.5. The number of carbonyl (C=O) groups is 1. The van der Waals surface area contributed by atoms with Crippen LogP contribution >= 0.6 is 0 Å². The van der Waals surface area contributed by atoms with Crippen LogP contribution in [0.3, 0.4) is 0 Å². The van der Waals surface area contributed by atoms with E-state index in [0.29, 0.717) is 11.8 Å². The highest BCUT2D eigenvalue weighted by atomic mass is 16.1. The van der Waals surface area contributed by atoms with Gasteiger partial charge in [0.05, 0.1) is 11.4 Å². The van der Waals surface area contributed by atoms with E-state index in [1.807, 2.05) is 19.1 Å². The Bertz CT molecular complexity index is 753. The molecule has 0 radical (unpaired) electrons. The molecule has 3 rings (SSSR count). The molecule has 138 valence electrons. The van der Waals surface area contributed by atoms with Crippen molar-refractivity contribution >= 4 is 17.7 Å². The van der Waals surface area contributed by atoms with Gasteiger partial charge in [-0.1, -0.05) is 19.9 Å². The Morgan fingerprint density at radius 3 is 2.50 bits per heavy atom. The molecule has 7 nitrogen and oxygen atoms in total. The van der Waals surface area contributed by atoms with Gasteiger partial charge in [0.1, 0.15) is 5.82 Å². The monoisotopic (exact) mass is 354 g/mol. The van der Waals surface area contributed by atoms with E-state index in [1.165, 1.54) is 0 Å². The fourth-order valence-electron chi connectivity index (χ4n) is 3.17. The third-order valence-electron chi connectivity index (χ3n) is 4.81. The number of carbonyl (C=O) groups excluding carboxylic acids is 1. The first-order valence-electron chi connectivity index (χ1n) is 9.31. The van der Waals surface area contributed by atoms with Gasteiger partial charge in [-0.3, -0.25) is 4.79 Å². The number of nitrogens with one attached hydrogen (secondary N) is 1. The summed E-state index contributed by atoms with van der Waals surface area (Å²) in [4.78, 5) is 23.5. The second-order valence-corrected chi connectivity index (χ2v) is 6.68. The smallest absolute Gasteiger partial charge is 0.245 e. The molecule has 1 N–H and O–H groups in total. The maximum absolute atomic E-state index is 12.5. The van der Waals surface area contributed by atoms with Crippen molar-refractivity contribution in [1.82, 2.24) is 20.2 Å². The topological polar surface area (TPSA) is 83.9 Å². The lowest BCUT2D eigenvalue weighted by Gasteiger charge is -2.31. The number of nitrogens with zero attached hydrogens (tertiary/aromatic N) is 5. The van der Waals surface area contributed by atoms with Crippen LogP contribution in [0.25, 0.3) is 0 Å². The minimum Gasteiger partial charge on any atom is -0.339 e. The molecule has 26 heavy (non-hydrogen) atoms. The third-order valence-corrected chi connectivity index (χ3v) is 4.81. The summed E-state index contributed by atoms with van der Waals surface area (Å²) in [6.07, 6.45) is 5.01. The van der Waals surface area contributed by atoms with Crippen molar-refractivity contribution in [2.45, 2.75) is 46.5 Å². The number of pyridine rings is 1. The van der Waals surface area contributed by atoms with E-state index < -0.39 is 0 Å². The molecule has 0 aliphatic carbocycles. The molecule has 1 amide bonds. The molecule has 2 aromatic heterocycles. The van der Waals surface area contributed by atoms with Crippen LogP contribution in [-0.4, -0.2) is 39.2 Å². The standard InChI is InChI=1S/C19H26N6O/c1-4-15-16(5-2)23-24-19(21-15)25-10-8-14(9-11-25)18(26)22-17-7-6-13(3)12-20-17/h6-7,12,14H,4-5,8-11H2,1-3H3,(H,20,22,26). The summed E-state index contributed by atoms with van der Waals surface area (Å²) in [5.41, 5.74) is 3.06. The Morgan fingerprint density at radius 1 is 1.15 bits per heavy atom. The van der Waals surface area contributed by atoms with Crippen LogP contribution in [0.1, 0.15) is 43.6 Å². The molecular formula is C19H26N6O. The summed E-state index contributed by atoms with van der Waals surface area (Å²) in [6.45, 7) is 7.65.